The van der Waals surface area contributed by atoms with Gasteiger partial charge < -0.3 is 14.2 Å². The van der Waals surface area contributed by atoms with E-state index in [2.05, 4.69) is 5.92 Å². The molecule has 6 nitrogen and oxygen atoms in total. The Kier molecular flexibility index (Phi) is 3.69. The Morgan fingerprint density at radius 1 is 1.45 bits per heavy atom. The Morgan fingerprint density at radius 3 is 3.00 bits per heavy atom. The van der Waals surface area contributed by atoms with Crippen molar-refractivity contribution in [2.24, 2.45) is 0 Å². The van der Waals surface area contributed by atoms with Gasteiger partial charge in [-0.15, -0.1) is 6.42 Å². The number of carbonyl (C=O) groups is 2. The van der Waals surface area contributed by atoms with Crippen LogP contribution >= 0.6 is 11.8 Å². The topological polar surface area (TPSA) is 65.1 Å². The summed E-state index contributed by atoms with van der Waals surface area (Å²) in [6, 6.07) is 3.43. The van der Waals surface area contributed by atoms with Crippen molar-refractivity contribution in [2.45, 2.75) is 0 Å². The van der Waals surface area contributed by atoms with Gasteiger partial charge in [0.2, 0.25) is 12.5 Å². The minimum atomic E-state index is -0.399. The molecule has 7 heteroatoms. The standard InChI is InChI=1S/C15H11NO5S/c1-3-4-16-14(17)12(22-15(16)18)7-9-5-10(19-2)13-11(6-9)20-8-21-13/h1,5-7H,4,8H2,2H3/b12-7+. The van der Waals surface area contributed by atoms with Gasteiger partial charge in [0.15, 0.2) is 11.5 Å². The van der Waals surface area contributed by atoms with E-state index in [4.69, 9.17) is 20.6 Å². The highest BCUT2D eigenvalue weighted by Crippen LogP contribution is 2.43. The third-order valence-corrected chi connectivity index (χ3v) is 4.01. The number of terminal acetylenes is 1. The number of hydrogen-bond donors (Lipinski definition) is 0. The van der Waals surface area contributed by atoms with Gasteiger partial charge >= 0.3 is 0 Å². The highest BCUT2D eigenvalue weighted by Gasteiger charge is 2.34. The molecule has 1 saturated heterocycles. The number of carbonyl (C=O) groups excluding carboxylic acids is 2. The number of rotatable bonds is 3. The second-order valence-electron chi connectivity index (χ2n) is 4.43. The molecule has 0 atom stereocenters. The Labute approximate surface area is 131 Å². The zero-order valence-corrected chi connectivity index (χ0v) is 12.4. The normalized spacial score (nSPS) is 18.0. The van der Waals surface area contributed by atoms with Gasteiger partial charge in [0.05, 0.1) is 18.6 Å². The zero-order chi connectivity index (χ0) is 15.7. The average molecular weight is 317 g/mol. The summed E-state index contributed by atoms with van der Waals surface area (Å²) in [6.45, 7) is 0.0836. The van der Waals surface area contributed by atoms with Crippen molar-refractivity contribution in [1.82, 2.24) is 4.90 Å². The third-order valence-electron chi connectivity index (χ3n) is 3.10. The van der Waals surface area contributed by atoms with Crippen LogP contribution in [-0.2, 0) is 4.79 Å². The van der Waals surface area contributed by atoms with Crippen molar-refractivity contribution in [3.05, 3.63) is 22.6 Å². The van der Waals surface area contributed by atoms with Crippen LogP contribution in [0.1, 0.15) is 5.56 Å². The van der Waals surface area contributed by atoms with Crippen LogP contribution in [0.2, 0.25) is 0 Å². The number of amides is 2. The van der Waals surface area contributed by atoms with Crippen molar-refractivity contribution in [3.63, 3.8) is 0 Å². The van der Waals surface area contributed by atoms with Crippen LogP contribution in [0.5, 0.6) is 17.2 Å². The summed E-state index contributed by atoms with van der Waals surface area (Å²) in [7, 11) is 1.52. The molecule has 0 radical (unpaired) electrons. The van der Waals surface area contributed by atoms with Crippen LogP contribution in [0, 0.1) is 12.3 Å². The van der Waals surface area contributed by atoms with Crippen LogP contribution in [0.25, 0.3) is 6.08 Å². The first-order chi connectivity index (χ1) is 10.6. The van der Waals surface area contributed by atoms with E-state index in [1.54, 1.807) is 18.2 Å². The number of fused-ring (bicyclic) bond motifs is 1. The third kappa shape index (κ3) is 2.38. The summed E-state index contributed by atoms with van der Waals surface area (Å²) in [5.74, 6) is 3.46. The second-order valence-corrected chi connectivity index (χ2v) is 5.42. The Hall–Kier alpha value is -2.59. The smallest absolute Gasteiger partial charge is 0.294 e. The number of hydrogen-bond acceptors (Lipinski definition) is 6. The maximum absolute atomic E-state index is 12.1. The maximum Gasteiger partial charge on any atom is 0.294 e. The fourth-order valence-electron chi connectivity index (χ4n) is 2.11. The predicted octanol–water partition coefficient (Wildman–Crippen LogP) is 2.09. The van der Waals surface area contributed by atoms with Crippen LogP contribution in [-0.4, -0.2) is 36.5 Å². The lowest BCUT2D eigenvalue weighted by atomic mass is 10.1. The van der Waals surface area contributed by atoms with Gasteiger partial charge in [0.1, 0.15) is 0 Å². The van der Waals surface area contributed by atoms with Crippen molar-refractivity contribution in [3.8, 4) is 29.6 Å². The number of nitrogens with zero attached hydrogens (tertiary/aromatic N) is 1. The summed E-state index contributed by atoms with van der Waals surface area (Å²) in [4.78, 5) is 25.2. The Bertz CT molecular complexity index is 734. The molecule has 1 aromatic carbocycles. The monoisotopic (exact) mass is 317 g/mol. The minimum Gasteiger partial charge on any atom is -0.493 e. The minimum absolute atomic E-state index is 0.0353. The van der Waals surface area contributed by atoms with E-state index in [0.717, 1.165) is 16.7 Å². The number of benzene rings is 1. The highest BCUT2D eigenvalue weighted by atomic mass is 32.2. The largest absolute Gasteiger partial charge is 0.493 e. The lowest BCUT2D eigenvalue weighted by molar-refractivity contribution is -0.122. The lowest BCUT2D eigenvalue weighted by Crippen LogP contribution is -2.28. The fraction of sp³-hybridized carbons (Fsp3) is 0.200. The molecular formula is C15H11NO5S. The molecule has 2 heterocycles. The molecule has 0 saturated carbocycles. The molecule has 0 bridgehead atoms. The van der Waals surface area contributed by atoms with Crippen LogP contribution in [0.4, 0.5) is 4.79 Å². The molecule has 2 aliphatic rings. The SMILES string of the molecule is C#CCN1C(=O)S/C(=C/c2cc(OC)c3c(c2)OCO3)C1=O. The summed E-state index contributed by atoms with van der Waals surface area (Å²) in [5, 5.41) is -0.373. The molecule has 112 valence electrons. The van der Waals surface area contributed by atoms with E-state index in [-0.39, 0.29) is 18.6 Å². The molecule has 0 spiro atoms. The summed E-state index contributed by atoms with van der Waals surface area (Å²) < 4.78 is 15.9. The van der Waals surface area contributed by atoms with Gasteiger partial charge in [-0.05, 0) is 35.5 Å². The van der Waals surface area contributed by atoms with Gasteiger partial charge in [0.25, 0.3) is 11.1 Å². The van der Waals surface area contributed by atoms with E-state index < -0.39 is 5.91 Å². The van der Waals surface area contributed by atoms with Gasteiger partial charge in [0, 0.05) is 0 Å². The molecule has 2 aliphatic heterocycles. The maximum atomic E-state index is 12.1. The molecule has 3 rings (SSSR count). The van der Waals surface area contributed by atoms with E-state index in [0.29, 0.717) is 27.7 Å². The molecule has 1 fully saturated rings. The predicted molar refractivity (Wildman–Crippen MR) is 80.6 cm³/mol. The fourth-order valence-corrected chi connectivity index (χ4v) is 2.95. The first-order valence-corrected chi connectivity index (χ1v) is 7.12. The number of ether oxygens (including phenoxy) is 3. The lowest BCUT2D eigenvalue weighted by Gasteiger charge is -2.07. The van der Waals surface area contributed by atoms with Crippen molar-refractivity contribution in [1.29, 1.82) is 0 Å². The molecule has 2 amide bonds. The van der Waals surface area contributed by atoms with E-state index in [1.807, 2.05) is 0 Å². The summed E-state index contributed by atoms with van der Waals surface area (Å²) in [6.07, 6.45) is 6.76. The molecule has 0 aliphatic carbocycles. The molecule has 0 unspecified atom stereocenters. The Balaban J connectivity index is 1.95. The summed E-state index contributed by atoms with van der Waals surface area (Å²) in [5.41, 5.74) is 0.673. The van der Waals surface area contributed by atoms with Gasteiger partial charge in [-0.2, -0.15) is 0 Å². The number of methoxy groups -OCH3 is 1. The number of imide groups is 1. The second kappa shape index (κ2) is 5.66. The molecule has 22 heavy (non-hydrogen) atoms. The first kappa shape index (κ1) is 14.4. The van der Waals surface area contributed by atoms with E-state index >= 15 is 0 Å². The van der Waals surface area contributed by atoms with Gasteiger partial charge in [-0.3, -0.25) is 14.5 Å². The Morgan fingerprint density at radius 2 is 2.27 bits per heavy atom. The molecule has 1 aromatic rings. The van der Waals surface area contributed by atoms with E-state index in [1.165, 1.54) is 7.11 Å². The molecule has 0 aromatic heterocycles. The van der Waals surface area contributed by atoms with E-state index in [9.17, 15) is 9.59 Å². The quantitative estimate of drug-likeness (QED) is 0.628. The van der Waals surface area contributed by atoms with Crippen molar-refractivity contribution >= 4 is 29.0 Å². The summed E-state index contributed by atoms with van der Waals surface area (Å²) >= 11 is 0.853. The van der Waals surface area contributed by atoms with Crippen molar-refractivity contribution in [2.75, 3.05) is 20.4 Å². The van der Waals surface area contributed by atoms with Crippen molar-refractivity contribution < 1.29 is 23.8 Å². The number of thioether (sulfide) groups is 1. The zero-order valence-electron chi connectivity index (χ0n) is 11.6. The van der Waals surface area contributed by atoms with Crippen LogP contribution < -0.4 is 14.2 Å². The molecule has 0 N–H and O–H groups in total. The highest BCUT2D eigenvalue weighted by molar-refractivity contribution is 8.18. The van der Waals surface area contributed by atoms with Crippen LogP contribution in [0.15, 0.2) is 17.0 Å². The first-order valence-electron chi connectivity index (χ1n) is 6.30. The van der Waals surface area contributed by atoms with Gasteiger partial charge in [-0.1, -0.05) is 5.92 Å². The molecular weight excluding hydrogens is 306 g/mol. The average Bonchev–Trinajstić information content (AvgIpc) is 3.07. The van der Waals surface area contributed by atoms with Gasteiger partial charge in [-0.25, -0.2) is 0 Å². The van der Waals surface area contributed by atoms with Crippen LogP contribution in [0.3, 0.4) is 0 Å².